The summed E-state index contributed by atoms with van der Waals surface area (Å²) in [6.45, 7) is 3.14. The van der Waals surface area contributed by atoms with Gasteiger partial charge in [0.15, 0.2) is 5.78 Å². The van der Waals surface area contributed by atoms with E-state index in [2.05, 4.69) is 0 Å². The summed E-state index contributed by atoms with van der Waals surface area (Å²) >= 11 is 0. The van der Waals surface area contributed by atoms with Crippen molar-refractivity contribution in [2.75, 3.05) is 5.73 Å². The van der Waals surface area contributed by atoms with E-state index in [-0.39, 0.29) is 22.4 Å². The molecule has 0 saturated carbocycles. The van der Waals surface area contributed by atoms with Gasteiger partial charge in [-0.15, -0.1) is 0 Å². The highest BCUT2D eigenvalue weighted by Crippen LogP contribution is 2.23. The van der Waals surface area contributed by atoms with Gasteiger partial charge in [0.1, 0.15) is 11.6 Å². The lowest BCUT2D eigenvalue weighted by Crippen LogP contribution is -2.10. The Labute approximate surface area is 109 Å². The molecule has 2 rings (SSSR count). The molecule has 0 amide bonds. The van der Waals surface area contributed by atoms with Crippen LogP contribution in [-0.4, -0.2) is 5.78 Å². The second kappa shape index (κ2) is 4.80. The number of nitrogen functional groups attached to an aromatic ring is 1. The van der Waals surface area contributed by atoms with E-state index in [9.17, 15) is 13.6 Å². The first-order valence-corrected chi connectivity index (χ1v) is 5.77. The second-order valence-electron chi connectivity index (χ2n) is 4.45. The molecular formula is C15H13F2NO. The summed E-state index contributed by atoms with van der Waals surface area (Å²) in [6.07, 6.45) is 0. The fraction of sp³-hybridized carbons (Fsp3) is 0.133. The first-order valence-electron chi connectivity index (χ1n) is 5.77. The molecule has 4 heteroatoms. The van der Waals surface area contributed by atoms with Crippen molar-refractivity contribution in [3.8, 4) is 0 Å². The minimum absolute atomic E-state index is 0.159. The molecule has 2 N–H and O–H groups in total. The van der Waals surface area contributed by atoms with Gasteiger partial charge in [-0.3, -0.25) is 4.79 Å². The third-order valence-electron chi connectivity index (χ3n) is 3.03. The molecule has 0 spiro atoms. The Balaban J connectivity index is 2.60. The molecule has 0 unspecified atom stereocenters. The van der Waals surface area contributed by atoms with Crippen molar-refractivity contribution in [3.63, 3.8) is 0 Å². The number of carbonyl (C=O) groups is 1. The molecule has 2 aromatic carbocycles. The first-order chi connectivity index (χ1) is 8.91. The fourth-order valence-electron chi connectivity index (χ4n) is 1.96. The number of halogens is 2. The van der Waals surface area contributed by atoms with Gasteiger partial charge in [-0.25, -0.2) is 8.78 Å². The fourth-order valence-corrected chi connectivity index (χ4v) is 1.96. The van der Waals surface area contributed by atoms with E-state index in [1.165, 1.54) is 6.92 Å². The largest absolute Gasteiger partial charge is 0.398 e. The molecule has 0 aliphatic carbocycles. The van der Waals surface area contributed by atoms with Crippen molar-refractivity contribution in [2.45, 2.75) is 13.8 Å². The van der Waals surface area contributed by atoms with Crippen molar-refractivity contribution in [1.29, 1.82) is 0 Å². The van der Waals surface area contributed by atoms with Crippen LogP contribution in [0.15, 0.2) is 30.3 Å². The summed E-state index contributed by atoms with van der Waals surface area (Å²) in [7, 11) is 0. The lowest BCUT2D eigenvalue weighted by Gasteiger charge is -2.10. The Hall–Kier alpha value is -2.23. The van der Waals surface area contributed by atoms with Gasteiger partial charge in [-0.2, -0.15) is 0 Å². The zero-order chi connectivity index (χ0) is 14.2. The molecule has 0 fully saturated rings. The molecule has 2 aromatic rings. The lowest BCUT2D eigenvalue weighted by atomic mass is 9.96. The zero-order valence-electron chi connectivity index (χ0n) is 10.6. The molecule has 0 atom stereocenters. The first kappa shape index (κ1) is 13.2. The number of rotatable bonds is 2. The monoisotopic (exact) mass is 261 g/mol. The highest BCUT2D eigenvalue weighted by Gasteiger charge is 2.20. The van der Waals surface area contributed by atoms with Crippen LogP contribution in [-0.2, 0) is 0 Å². The summed E-state index contributed by atoms with van der Waals surface area (Å²) in [4.78, 5) is 12.3. The van der Waals surface area contributed by atoms with Crippen molar-refractivity contribution >= 4 is 11.5 Å². The van der Waals surface area contributed by atoms with Gasteiger partial charge in [0.25, 0.3) is 0 Å². The zero-order valence-corrected chi connectivity index (χ0v) is 10.6. The predicted molar refractivity (Wildman–Crippen MR) is 70.1 cm³/mol. The van der Waals surface area contributed by atoms with E-state index >= 15 is 0 Å². The van der Waals surface area contributed by atoms with Crippen molar-refractivity contribution in [3.05, 3.63) is 64.2 Å². The molecular weight excluding hydrogens is 248 g/mol. The SMILES string of the molecule is Cc1cc(F)c(C(=O)c2c(C)cccc2N)cc1F. The molecule has 19 heavy (non-hydrogen) atoms. The maximum Gasteiger partial charge on any atom is 0.198 e. The third-order valence-corrected chi connectivity index (χ3v) is 3.03. The van der Waals surface area contributed by atoms with Crippen LogP contribution >= 0.6 is 0 Å². The molecule has 0 radical (unpaired) electrons. The summed E-state index contributed by atoms with van der Waals surface area (Å²) in [5.74, 6) is -1.96. The van der Waals surface area contributed by atoms with E-state index in [0.717, 1.165) is 12.1 Å². The van der Waals surface area contributed by atoms with Crippen LogP contribution in [0.1, 0.15) is 27.0 Å². The van der Waals surface area contributed by atoms with E-state index in [4.69, 9.17) is 5.73 Å². The number of hydrogen-bond acceptors (Lipinski definition) is 2. The van der Waals surface area contributed by atoms with Crippen LogP contribution in [0.25, 0.3) is 0 Å². The van der Waals surface area contributed by atoms with Gasteiger partial charge in [0, 0.05) is 11.3 Å². The highest BCUT2D eigenvalue weighted by atomic mass is 19.1. The molecule has 2 nitrogen and oxygen atoms in total. The highest BCUT2D eigenvalue weighted by molar-refractivity contribution is 6.13. The second-order valence-corrected chi connectivity index (χ2v) is 4.45. The maximum absolute atomic E-state index is 13.8. The number of aryl methyl sites for hydroxylation is 2. The topological polar surface area (TPSA) is 43.1 Å². The number of nitrogens with two attached hydrogens (primary N) is 1. The number of benzene rings is 2. The van der Waals surface area contributed by atoms with Gasteiger partial charge in [0.2, 0.25) is 0 Å². The minimum atomic E-state index is -0.744. The summed E-state index contributed by atoms with van der Waals surface area (Å²) in [6, 6.07) is 6.89. The molecule has 98 valence electrons. The number of carbonyl (C=O) groups excluding carboxylic acids is 1. The van der Waals surface area contributed by atoms with Crippen LogP contribution in [0, 0.1) is 25.5 Å². The number of hydrogen-bond donors (Lipinski definition) is 1. The summed E-state index contributed by atoms with van der Waals surface area (Å²) < 4.78 is 27.3. The maximum atomic E-state index is 13.8. The lowest BCUT2D eigenvalue weighted by molar-refractivity contribution is 0.103. The molecule has 0 bridgehead atoms. The van der Waals surface area contributed by atoms with Crippen LogP contribution in [0.2, 0.25) is 0 Å². The Bertz CT molecular complexity index is 645. The van der Waals surface area contributed by atoms with E-state index in [1.807, 2.05) is 0 Å². The standard InChI is InChI=1S/C15H13F2NO/c1-8-4-3-5-13(18)14(8)15(19)10-7-11(16)9(2)6-12(10)17/h3-7H,18H2,1-2H3. The van der Waals surface area contributed by atoms with E-state index in [0.29, 0.717) is 5.56 Å². The van der Waals surface area contributed by atoms with Gasteiger partial charge >= 0.3 is 0 Å². The van der Waals surface area contributed by atoms with Crippen LogP contribution in [0.5, 0.6) is 0 Å². The molecule has 0 heterocycles. The minimum Gasteiger partial charge on any atom is -0.398 e. The van der Waals surface area contributed by atoms with Crippen LogP contribution in [0.3, 0.4) is 0 Å². The average Bonchev–Trinajstić information content (AvgIpc) is 2.33. The smallest absolute Gasteiger partial charge is 0.198 e. The van der Waals surface area contributed by atoms with Gasteiger partial charge < -0.3 is 5.73 Å². The molecule has 0 aliphatic rings. The third kappa shape index (κ3) is 2.34. The number of anilines is 1. The number of ketones is 1. The quantitative estimate of drug-likeness (QED) is 0.665. The summed E-state index contributed by atoms with van der Waals surface area (Å²) in [5, 5.41) is 0. The van der Waals surface area contributed by atoms with Crippen molar-refractivity contribution < 1.29 is 13.6 Å². The molecule has 0 aromatic heterocycles. The van der Waals surface area contributed by atoms with Crippen LogP contribution < -0.4 is 5.73 Å². The molecule has 0 aliphatic heterocycles. The van der Waals surface area contributed by atoms with Gasteiger partial charge in [0.05, 0.1) is 5.56 Å². The Morgan fingerprint density at radius 1 is 1.05 bits per heavy atom. The predicted octanol–water partition coefficient (Wildman–Crippen LogP) is 3.39. The van der Waals surface area contributed by atoms with Crippen molar-refractivity contribution in [2.24, 2.45) is 0 Å². The Morgan fingerprint density at radius 2 is 1.74 bits per heavy atom. The molecule has 0 saturated heterocycles. The Morgan fingerprint density at radius 3 is 2.37 bits per heavy atom. The summed E-state index contributed by atoms with van der Waals surface area (Å²) in [5.41, 5.74) is 6.70. The van der Waals surface area contributed by atoms with Crippen molar-refractivity contribution in [1.82, 2.24) is 0 Å². The van der Waals surface area contributed by atoms with Gasteiger partial charge in [-0.05, 0) is 43.2 Å². The van der Waals surface area contributed by atoms with E-state index < -0.39 is 17.4 Å². The normalized spacial score (nSPS) is 10.5. The average molecular weight is 261 g/mol. The van der Waals surface area contributed by atoms with E-state index in [1.54, 1.807) is 25.1 Å². The Kier molecular flexibility index (Phi) is 3.34. The van der Waals surface area contributed by atoms with Gasteiger partial charge in [-0.1, -0.05) is 12.1 Å². The van der Waals surface area contributed by atoms with Crippen LogP contribution in [0.4, 0.5) is 14.5 Å².